The lowest BCUT2D eigenvalue weighted by Gasteiger charge is -2.36. The first-order valence-electron chi connectivity index (χ1n) is 5.93. The Morgan fingerprint density at radius 1 is 1.50 bits per heavy atom. The van der Waals surface area contributed by atoms with E-state index in [-0.39, 0.29) is 0 Å². The molecular weight excluding hydrogens is 220 g/mol. The van der Waals surface area contributed by atoms with E-state index < -0.39 is 0 Å². The molecule has 2 rings (SSSR count). The van der Waals surface area contributed by atoms with Gasteiger partial charge in [0, 0.05) is 18.4 Å². The lowest BCUT2D eigenvalue weighted by atomic mass is 9.75. The molecule has 1 unspecified atom stereocenters. The van der Waals surface area contributed by atoms with Gasteiger partial charge in [-0.3, -0.25) is 4.98 Å². The maximum absolute atomic E-state index is 6.09. The molecule has 1 fully saturated rings. The van der Waals surface area contributed by atoms with Gasteiger partial charge in [-0.1, -0.05) is 31.9 Å². The zero-order valence-electron chi connectivity index (χ0n) is 9.96. The van der Waals surface area contributed by atoms with Crippen molar-refractivity contribution < 1.29 is 0 Å². The number of nitrogens with zero attached hydrogens (tertiary/aromatic N) is 1. The van der Waals surface area contributed by atoms with Crippen molar-refractivity contribution in [3.8, 4) is 0 Å². The lowest BCUT2D eigenvalue weighted by Crippen LogP contribution is -2.31. The highest BCUT2D eigenvalue weighted by Crippen LogP contribution is 2.36. The highest BCUT2D eigenvalue weighted by molar-refractivity contribution is 6.33. The van der Waals surface area contributed by atoms with E-state index in [0.29, 0.717) is 16.5 Å². The minimum Gasteiger partial charge on any atom is -0.381 e. The molecule has 1 aliphatic rings. The molecular formula is C13H19ClN2. The fourth-order valence-corrected chi connectivity index (χ4v) is 2.71. The van der Waals surface area contributed by atoms with E-state index in [9.17, 15) is 0 Å². The third kappa shape index (κ3) is 2.88. The van der Waals surface area contributed by atoms with Gasteiger partial charge in [-0.2, -0.15) is 0 Å². The third-order valence-electron chi connectivity index (χ3n) is 3.34. The van der Waals surface area contributed by atoms with Crippen LogP contribution in [0.3, 0.4) is 0 Å². The van der Waals surface area contributed by atoms with Crippen molar-refractivity contribution in [2.45, 2.75) is 45.6 Å². The average Bonchev–Trinajstić information content (AvgIpc) is 2.20. The summed E-state index contributed by atoms with van der Waals surface area (Å²) in [5.74, 6) is 0. The maximum Gasteiger partial charge on any atom is 0.0820 e. The van der Waals surface area contributed by atoms with Crippen LogP contribution in [0.15, 0.2) is 18.5 Å². The number of hydrogen-bond donors (Lipinski definition) is 1. The van der Waals surface area contributed by atoms with Gasteiger partial charge in [0.1, 0.15) is 0 Å². The van der Waals surface area contributed by atoms with Crippen LogP contribution in [0.25, 0.3) is 0 Å². The Kier molecular flexibility index (Phi) is 3.38. The van der Waals surface area contributed by atoms with Gasteiger partial charge in [-0.25, -0.2) is 0 Å². The number of rotatable bonds is 2. The van der Waals surface area contributed by atoms with E-state index in [1.165, 1.54) is 25.7 Å². The molecule has 1 aliphatic carbocycles. The summed E-state index contributed by atoms with van der Waals surface area (Å²) in [6.07, 6.45) is 8.55. The molecule has 2 nitrogen and oxygen atoms in total. The standard InChI is InChI=1S/C13H19ClN2/c1-13(2)6-3-4-10(8-13)16-12-5-7-15-9-11(12)14/h5,7,9-10H,3-4,6,8H2,1-2H3,(H,15,16). The summed E-state index contributed by atoms with van der Waals surface area (Å²) in [5, 5.41) is 4.25. The van der Waals surface area contributed by atoms with Crippen molar-refractivity contribution in [2.24, 2.45) is 5.41 Å². The van der Waals surface area contributed by atoms with Crippen LogP contribution >= 0.6 is 11.6 Å². The molecule has 0 amide bonds. The first-order chi connectivity index (χ1) is 7.57. The van der Waals surface area contributed by atoms with Gasteiger partial charge in [0.05, 0.1) is 10.7 Å². The maximum atomic E-state index is 6.09. The molecule has 0 aromatic carbocycles. The van der Waals surface area contributed by atoms with Crippen LogP contribution in [0.1, 0.15) is 39.5 Å². The van der Waals surface area contributed by atoms with Crippen LogP contribution < -0.4 is 5.32 Å². The molecule has 0 spiro atoms. The van der Waals surface area contributed by atoms with E-state index in [0.717, 1.165) is 5.69 Å². The van der Waals surface area contributed by atoms with E-state index in [4.69, 9.17) is 11.6 Å². The van der Waals surface area contributed by atoms with Gasteiger partial charge in [0.25, 0.3) is 0 Å². The molecule has 1 aromatic rings. The Morgan fingerprint density at radius 2 is 2.31 bits per heavy atom. The topological polar surface area (TPSA) is 24.9 Å². The first-order valence-corrected chi connectivity index (χ1v) is 6.31. The quantitative estimate of drug-likeness (QED) is 0.839. The Labute approximate surface area is 102 Å². The van der Waals surface area contributed by atoms with Gasteiger partial charge in [0.15, 0.2) is 0 Å². The van der Waals surface area contributed by atoms with Crippen molar-refractivity contribution in [1.29, 1.82) is 0 Å². The van der Waals surface area contributed by atoms with E-state index in [1.54, 1.807) is 12.4 Å². The van der Waals surface area contributed by atoms with Gasteiger partial charge in [-0.15, -0.1) is 0 Å². The molecule has 1 N–H and O–H groups in total. The van der Waals surface area contributed by atoms with Crippen LogP contribution in [0, 0.1) is 5.41 Å². The van der Waals surface area contributed by atoms with Crippen molar-refractivity contribution in [2.75, 3.05) is 5.32 Å². The number of nitrogens with one attached hydrogen (secondary N) is 1. The van der Waals surface area contributed by atoms with Crippen molar-refractivity contribution in [1.82, 2.24) is 4.98 Å². The molecule has 1 atom stereocenters. The summed E-state index contributed by atoms with van der Waals surface area (Å²) < 4.78 is 0. The SMILES string of the molecule is CC1(C)CCCC(Nc2ccncc2Cl)C1. The molecule has 1 heterocycles. The van der Waals surface area contributed by atoms with Crippen LogP contribution in [0.4, 0.5) is 5.69 Å². The van der Waals surface area contributed by atoms with Crippen LogP contribution in [-0.4, -0.2) is 11.0 Å². The summed E-state index contributed by atoms with van der Waals surface area (Å²) in [6, 6.07) is 2.49. The van der Waals surface area contributed by atoms with E-state index in [1.807, 2.05) is 6.07 Å². The van der Waals surface area contributed by atoms with Crippen molar-refractivity contribution >= 4 is 17.3 Å². The molecule has 88 valence electrons. The number of pyridine rings is 1. The molecule has 0 aliphatic heterocycles. The zero-order valence-corrected chi connectivity index (χ0v) is 10.7. The van der Waals surface area contributed by atoms with Gasteiger partial charge >= 0.3 is 0 Å². The smallest absolute Gasteiger partial charge is 0.0820 e. The zero-order chi connectivity index (χ0) is 11.6. The highest BCUT2D eigenvalue weighted by Gasteiger charge is 2.27. The summed E-state index contributed by atoms with van der Waals surface area (Å²) in [7, 11) is 0. The van der Waals surface area contributed by atoms with E-state index >= 15 is 0 Å². The first kappa shape index (κ1) is 11.7. The number of aromatic nitrogens is 1. The van der Waals surface area contributed by atoms with Crippen molar-refractivity contribution in [3.63, 3.8) is 0 Å². The number of hydrogen-bond acceptors (Lipinski definition) is 2. The van der Waals surface area contributed by atoms with Gasteiger partial charge in [0.2, 0.25) is 0 Å². The number of halogens is 1. The van der Waals surface area contributed by atoms with Crippen LogP contribution in [0.5, 0.6) is 0 Å². The largest absolute Gasteiger partial charge is 0.381 e. The minimum atomic E-state index is 0.454. The predicted octanol–water partition coefficient (Wildman–Crippen LogP) is 4.12. The molecule has 3 heteroatoms. The lowest BCUT2D eigenvalue weighted by molar-refractivity contribution is 0.229. The Balaban J connectivity index is 2.02. The van der Waals surface area contributed by atoms with Crippen LogP contribution in [-0.2, 0) is 0 Å². The highest BCUT2D eigenvalue weighted by atomic mass is 35.5. The van der Waals surface area contributed by atoms with Crippen molar-refractivity contribution in [3.05, 3.63) is 23.5 Å². The molecule has 0 bridgehead atoms. The molecule has 1 aromatic heterocycles. The summed E-state index contributed by atoms with van der Waals surface area (Å²) in [6.45, 7) is 4.68. The van der Waals surface area contributed by atoms with Crippen LogP contribution in [0.2, 0.25) is 5.02 Å². The molecule has 1 saturated carbocycles. The molecule has 0 radical (unpaired) electrons. The Bertz CT molecular complexity index is 363. The fourth-order valence-electron chi connectivity index (χ4n) is 2.53. The van der Waals surface area contributed by atoms with E-state index in [2.05, 4.69) is 24.1 Å². The number of anilines is 1. The monoisotopic (exact) mass is 238 g/mol. The van der Waals surface area contributed by atoms with Gasteiger partial charge in [-0.05, 0) is 30.7 Å². The fraction of sp³-hybridized carbons (Fsp3) is 0.615. The second-order valence-electron chi connectivity index (χ2n) is 5.46. The second-order valence-corrected chi connectivity index (χ2v) is 5.86. The summed E-state index contributed by atoms with van der Waals surface area (Å²) >= 11 is 6.09. The summed E-state index contributed by atoms with van der Waals surface area (Å²) in [4.78, 5) is 3.99. The minimum absolute atomic E-state index is 0.454. The summed E-state index contributed by atoms with van der Waals surface area (Å²) in [5.41, 5.74) is 1.47. The average molecular weight is 239 g/mol. The predicted molar refractivity (Wildman–Crippen MR) is 68.9 cm³/mol. The normalized spacial score (nSPS) is 24.1. The van der Waals surface area contributed by atoms with Gasteiger partial charge < -0.3 is 5.32 Å². The third-order valence-corrected chi connectivity index (χ3v) is 3.64. The molecule has 16 heavy (non-hydrogen) atoms. The Morgan fingerprint density at radius 3 is 3.00 bits per heavy atom. The molecule has 0 saturated heterocycles. The Hall–Kier alpha value is -0.760. The second kappa shape index (κ2) is 4.62.